The summed E-state index contributed by atoms with van der Waals surface area (Å²) in [6, 6.07) is 1.89. The number of carbonyl (C=O) groups is 1. The van der Waals surface area contributed by atoms with Crippen molar-refractivity contribution < 1.29 is 9.53 Å². The van der Waals surface area contributed by atoms with Gasteiger partial charge in [0, 0.05) is 24.4 Å². The smallest absolute Gasteiger partial charge is 0.250 e. The van der Waals surface area contributed by atoms with E-state index in [4.69, 9.17) is 10.5 Å². The number of hydrogen-bond acceptors (Lipinski definition) is 3. The summed E-state index contributed by atoms with van der Waals surface area (Å²) in [5, 5.41) is 0. The van der Waals surface area contributed by atoms with Crippen LogP contribution in [-0.4, -0.2) is 24.1 Å². The summed E-state index contributed by atoms with van der Waals surface area (Å²) in [6.45, 7) is 1.64. The van der Waals surface area contributed by atoms with Gasteiger partial charge in [0.25, 0.3) is 0 Å². The van der Waals surface area contributed by atoms with Gasteiger partial charge in [-0.3, -0.25) is 9.78 Å². The first-order valence-corrected chi connectivity index (χ1v) is 5.55. The number of primary amides is 1. The Balaban J connectivity index is 1.95. The predicted octanol–water partition coefficient (Wildman–Crippen LogP) is 0.859. The monoisotopic (exact) mass is 218 g/mol. The predicted molar refractivity (Wildman–Crippen MR) is 58.0 cm³/mol. The molecule has 4 nitrogen and oxygen atoms in total. The number of aromatic nitrogens is 1. The Hall–Kier alpha value is -1.42. The lowest BCUT2D eigenvalue weighted by atomic mass is 9.89. The number of rotatable bonds is 2. The molecule has 84 valence electrons. The molecule has 4 heteroatoms. The molecule has 3 rings (SSSR count). The van der Waals surface area contributed by atoms with Gasteiger partial charge in [-0.15, -0.1) is 0 Å². The van der Waals surface area contributed by atoms with Crippen molar-refractivity contribution in [2.45, 2.75) is 18.3 Å². The van der Waals surface area contributed by atoms with Gasteiger partial charge in [0.1, 0.15) is 0 Å². The highest BCUT2D eigenvalue weighted by Gasteiger charge is 2.56. The van der Waals surface area contributed by atoms with E-state index >= 15 is 0 Å². The van der Waals surface area contributed by atoms with Gasteiger partial charge in [0.15, 0.2) is 0 Å². The van der Waals surface area contributed by atoms with Crippen LogP contribution >= 0.6 is 0 Å². The third-order valence-corrected chi connectivity index (χ3v) is 3.84. The van der Waals surface area contributed by atoms with Crippen molar-refractivity contribution in [1.29, 1.82) is 0 Å². The quantitative estimate of drug-likeness (QED) is 0.800. The average Bonchev–Trinajstić information content (AvgIpc) is 3.05. The van der Waals surface area contributed by atoms with Crippen LogP contribution in [0, 0.1) is 5.92 Å². The van der Waals surface area contributed by atoms with Crippen LogP contribution < -0.4 is 5.73 Å². The molecule has 0 aromatic carbocycles. The fourth-order valence-corrected chi connectivity index (χ4v) is 2.73. The molecule has 2 heterocycles. The number of pyridine rings is 1. The maximum atomic E-state index is 11.1. The zero-order chi connectivity index (χ0) is 11.2. The number of nitrogens with zero attached hydrogens (tertiary/aromatic N) is 1. The van der Waals surface area contributed by atoms with Crippen molar-refractivity contribution in [3.05, 3.63) is 29.6 Å². The highest BCUT2D eigenvalue weighted by Crippen LogP contribution is 2.58. The first-order chi connectivity index (χ1) is 7.72. The number of carbonyl (C=O) groups excluding carboxylic acids is 1. The second-order valence-electron chi connectivity index (χ2n) is 4.71. The zero-order valence-electron chi connectivity index (χ0n) is 8.98. The molecule has 0 spiro atoms. The van der Waals surface area contributed by atoms with Crippen molar-refractivity contribution >= 4 is 5.91 Å². The van der Waals surface area contributed by atoms with Crippen LogP contribution in [0.4, 0.5) is 0 Å². The molecule has 0 radical (unpaired) electrons. The fraction of sp³-hybridized carbons (Fsp3) is 0.500. The number of hydrogen-bond donors (Lipinski definition) is 1. The summed E-state index contributed by atoms with van der Waals surface area (Å²) in [6.07, 6.45) is 5.56. The second kappa shape index (κ2) is 3.28. The zero-order valence-corrected chi connectivity index (χ0v) is 8.98. The minimum absolute atomic E-state index is 0.219. The summed E-state index contributed by atoms with van der Waals surface area (Å²) < 4.78 is 5.44. The van der Waals surface area contributed by atoms with E-state index in [1.165, 1.54) is 6.20 Å². The van der Waals surface area contributed by atoms with Crippen molar-refractivity contribution in [3.8, 4) is 0 Å². The lowest BCUT2D eigenvalue weighted by Crippen LogP contribution is -2.22. The van der Waals surface area contributed by atoms with E-state index in [1.807, 2.05) is 12.3 Å². The summed E-state index contributed by atoms with van der Waals surface area (Å²) in [7, 11) is 0. The second-order valence-corrected chi connectivity index (χ2v) is 4.71. The van der Waals surface area contributed by atoms with Crippen molar-refractivity contribution in [2.24, 2.45) is 11.7 Å². The maximum absolute atomic E-state index is 11.1. The van der Waals surface area contributed by atoms with Gasteiger partial charge in [-0.05, 0) is 30.4 Å². The SMILES string of the molecule is NC(=O)c1cncc(C23CCOCC2C3)c1. The van der Waals surface area contributed by atoms with Crippen LogP contribution in [0.2, 0.25) is 0 Å². The number of nitrogens with two attached hydrogens (primary N) is 1. The molecule has 1 aromatic heterocycles. The Morgan fingerprint density at radius 2 is 2.44 bits per heavy atom. The molecule has 2 atom stereocenters. The van der Waals surface area contributed by atoms with E-state index in [-0.39, 0.29) is 5.41 Å². The van der Waals surface area contributed by atoms with Gasteiger partial charge < -0.3 is 10.5 Å². The Kier molecular flexibility index (Phi) is 2.01. The highest BCUT2D eigenvalue weighted by molar-refractivity contribution is 5.92. The van der Waals surface area contributed by atoms with Crippen LogP contribution in [0.15, 0.2) is 18.5 Å². The molecule has 2 unspecified atom stereocenters. The van der Waals surface area contributed by atoms with Crippen molar-refractivity contribution in [1.82, 2.24) is 4.98 Å². The fourth-order valence-electron chi connectivity index (χ4n) is 2.73. The standard InChI is InChI=1S/C12H14N2O2/c13-11(15)8-3-9(6-14-5-8)12-1-2-16-7-10(12)4-12/h3,5-6,10H,1-2,4,7H2,(H2,13,15). The number of amides is 1. The molecule has 1 saturated carbocycles. The van der Waals surface area contributed by atoms with E-state index in [0.29, 0.717) is 11.5 Å². The molecule has 1 amide bonds. The maximum Gasteiger partial charge on any atom is 0.250 e. The molecule has 2 N–H and O–H groups in total. The molecule has 2 aliphatic rings. The molecule has 2 fully saturated rings. The Labute approximate surface area is 93.8 Å². The highest BCUT2D eigenvalue weighted by atomic mass is 16.5. The topological polar surface area (TPSA) is 65.2 Å². The Bertz CT molecular complexity index is 446. The van der Waals surface area contributed by atoms with Crippen LogP contribution in [0.3, 0.4) is 0 Å². The molecular weight excluding hydrogens is 204 g/mol. The van der Waals surface area contributed by atoms with E-state index in [1.54, 1.807) is 0 Å². The molecule has 1 aromatic rings. The number of fused-ring (bicyclic) bond motifs is 1. The summed E-state index contributed by atoms with van der Waals surface area (Å²) in [5.41, 5.74) is 7.14. The van der Waals surface area contributed by atoms with Gasteiger partial charge in [-0.2, -0.15) is 0 Å². The van der Waals surface area contributed by atoms with Crippen LogP contribution in [0.5, 0.6) is 0 Å². The molecule has 1 saturated heterocycles. The third-order valence-electron chi connectivity index (χ3n) is 3.84. The average molecular weight is 218 g/mol. The minimum Gasteiger partial charge on any atom is -0.381 e. The number of ether oxygens (including phenoxy) is 1. The van der Waals surface area contributed by atoms with Gasteiger partial charge >= 0.3 is 0 Å². The van der Waals surface area contributed by atoms with Crippen LogP contribution in [0.25, 0.3) is 0 Å². The van der Waals surface area contributed by atoms with Gasteiger partial charge in [0.05, 0.1) is 12.2 Å². The molecule has 16 heavy (non-hydrogen) atoms. The molecule has 1 aliphatic heterocycles. The molecule has 1 aliphatic carbocycles. The van der Waals surface area contributed by atoms with E-state index in [0.717, 1.165) is 31.6 Å². The Morgan fingerprint density at radius 3 is 3.19 bits per heavy atom. The lowest BCUT2D eigenvalue weighted by molar-refractivity contribution is 0.0801. The van der Waals surface area contributed by atoms with Crippen LogP contribution in [-0.2, 0) is 10.2 Å². The van der Waals surface area contributed by atoms with E-state index in [2.05, 4.69) is 4.98 Å². The summed E-state index contributed by atoms with van der Waals surface area (Å²) in [4.78, 5) is 15.2. The summed E-state index contributed by atoms with van der Waals surface area (Å²) in [5.74, 6) is 0.196. The van der Waals surface area contributed by atoms with Gasteiger partial charge in [-0.25, -0.2) is 0 Å². The van der Waals surface area contributed by atoms with Gasteiger partial charge in [0.2, 0.25) is 5.91 Å². The first kappa shape index (κ1) is 9.78. The van der Waals surface area contributed by atoms with Crippen molar-refractivity contribution in [3.63, 3.8) is 0 Å². The molecule has 0 bridgehead atoms. The third kappa shape index (κ3) is 1.33. The Morgan fingerprint density at radius 1 is 1.56 bits per heavy atom. The van der Waals surface area contributed by atoms with Crippen molar-refractivity contribution in [2.75, 3.05) is 13.2 Å². The first-order valence-electron chi connectivity index (χ1n) is 5.55. The van der Waals surface area contributed by atoms with Crippen LogP contribution in [0.1, 0.15) is 28.8 Å². The summed E-state index contributed by atoms with van der Waals surface area (Å²) >= 11 is 0. The lowest BCUT2D eigenvalue weighted by Gasteiger charge is -2.22. The minimum atomic E-state index is -0.407. The largest absolute Gasteiger partial charge is 0.381 e. The molecular formula is C12H14N2O2. The van der Waals surface area contributed by atoms with E-state index < -0.39 is 5.91 Å². The van der Waals surface area contributed by atoms with Gasteiger partial charge in [-0.1, -0.05) is 0 Å². The van der Waals surface area contributed by atoms with E-state index in [9.17, 15) is 4.79 Å². The normalized spacial score (nSPS) is 31.9.